The van der Waals surface area contributed by atoms with Crippen molar-refractivity contribution >= 4 is 45.7 Å². The molecule has 1 aromatic heterocycles. The number of rotatable bonds is 7. The number of hydrogen-bond acceptors (Lipinski definition) is 1. The largest absolute Gasteiger partial charge is 0.343 e. The van der Waals surface area contributed by atoms with Crippen molar-refractivity contribution in [2.75, 3.05) is 6.54 Å². The van der Waals surface area contributed by atoms with Gasteiger partial charge in [-0.05, 0) is 72.1 Å². The molecule has 0 saturated heterocycles. The van der Waals surface area contributed by atoms with Crippen LogP contribution in [-0.2, 0) is 19.5 Å². The molecule has 2 nitrogen and oxygen atoms in total. The van der Waals surface area contributed by atoms with Gasteiger partial charge in [0.15, 0.2) is 0 Å². The van der Waals surface area contributed by atoms with E-state index in [-0.39, 0.29) is 0 Å². The summed E-state index contributed by atoms with van der Waals surface area (Å²) in [4.78, 5) is 0. The minimum atomic E-state index is 0.755. The average Bonchev–Trinajstić information content (AvgIpc) is 3.05. The molecule has 1 heterocycles. The highest BCUT2D eigenvalue weighted by Gasteiger charge is 2.10. The lowest BCUT2D eigenvalue weighted by Crippen LogP contribution is -2.16. The van der Waals surface area contributed by atoms with Crippen LogP contribution in [-0.4, -0.2) is 11.1 Å². The van der Waals surface area contributed by atoms with Crippen LogP contribution in [0.25, 0.3) is 10.9 Å². The molecule has 29 heavy (non-hydrogen) atoms. The first-order chi connectivity index (χ1) is 14.1. The van der Waals surface area contributed by atoms with Crippen molar-refractivity contribution in [3.8, 4) is 0 Å². The summed E-state index contributed by atoms with van der Waals surface area (Å²) in [5.41, 5.74) is 4.92. The van der Waals surface area contributed by atoms with E-state index in [0.717, 1.165) is 41.1 Å². The summed E-state index contributed by atoms with van der Waals surface area (Å²) in [5.74, 6) is 0. The fourth-order valence-corrected chi connectivity index (χ4v) is 3.94. The Labute approximate surface area is 186 Å². The first-order valence-electron chi connectivity index (χ1n) is 9.55. The summed E-state index contributed by atoms with van der Waals surface area (Å²) in [7, 11) is 0. The second kappa shape index (κ2) is 9.23. The molecule has 0 aliphatic heterocycles. The van der Waals surface area contributed by atoms with Gasteiger partial charge in [0, 0.05) is 45.3 Å². The Morgan fingerprint density at radius 3 is 2.03 bits per heavy atom. The van der Waals surface area contributed by atoms with E-state index >= 15 is 0 Å². The fourth-order valence-electron chi connectivity index (χ4n) is 3.52. The van der Waals surface area contributed by atoms with Crippen LogP contribution in [0.4, 0.5) is 0 Å². The molecule has 5 heteroatoms. The second-order valence-corrected chi connectivity index (χ2v) is 8.43. The maximum atomic E-state index is 6.28. The molecule has 0 saturated carbocycles. The minimum absolute atomic E-state index is 0.755. The van der Waals surface area contributed by atoms with Crippen molar-refractivity contribution in [2.45, 2.75) is 19.5 Å². The molecule has 4 rings (SSSR count). The van der Waals surface area contributed by atoms with Crippen LogP contribution in [0.3, 0.4) is 0 Å². The number of hydrogen-bond donors (Lipinski definition) is 1. The zero-order chi connectivity index (χ0) is 20.2. The van der Waals surface area contributed by atoms with Crippen molar-refractivity contribution in [1.82, 2.24) is 9.88 Å². The summed E-state index contributed by atoms with van der Waals surface area (Å²) in [6, 6.07) is 22.0. The Bertz CT molecular complexity index is 1100. The smallest absolute Gasteiger partial charge is 0.0487 e. The van der Waals surface area contributed by atoms with E-state index in [1.54, 1.807) is 0 Å². The maximum absolute atomic E-state index is 6.28. The number of nitrogens with zero attached hydrogens (tertiary/aromatic N) is 1. The predicted molar refractivity (Wildman–Crippen MR) is 124 cm³/mol. The van der Waals surface area contributed by atoms with Gasteiger partial charge in [-0.25, -0.2) is 0 Å². The van der Waals surface area contributed by atoms with E-state index in [4.69, 9.17) is 34.8 Å². The van der Waals surface area contributed by atoms with Gasteiger partial charge in [0.1, 0.15) is 0 Å². The minimum Gasteiger partial charge on any atom is -0.343 e. The van der Waals surface area contributed by atoms with Crippen LogP contribution in [0.5, 0.6) is 0 Å². The van der Waals surface area contributed by atoms with Crippen molar-refractivity contribution in [3.05, 3.63) is 105 Å². The van der Waals surface area contributed by atoms with Gasteiger partial charge in [-0.3, -0.25) is 0 Å². The molecule has 148 valence electrons. The lowest BCUT2D eigenvalue weighted by Gasteiger charge is -2.06. The van der Waals surface area contributed by atoms with Crippen LogP contribution >= 0.6 is 34.8 Å². The lowest BCUT2D eigenvalue weighted by atomic mass is 10.1. The fraction of sp³-hybridized carbons (Fsp3) is 0.167. The Kier molecular flexibility index (Phi) is 6.46. The lowest BCUT2D eigenvalue weighted by molar-refractivity contribution is 0.686. The third kappa shape index (κ3) is 5.15. The molecule has 0 bridgehead atoms. The van der Waals surface area contributed by atoms with E-state index < -0.39 is 0 Å². The van der Waals surface area contributed by atoms with Crippen LogP contribution in [0.2, 0.25) is 15.1 Å². The molecule has 1 N–H and O–H groups in total. The van der Waals surface area contributed by atoms with E-state index in [9.17, 15) is 0 Å². The molecule has 0 aliphatic carbocycles. The van der Waals surface area contributed by atoms with Gasteiger partial charge >= 0.3 is 0 Å². The van der Waals surface area contributed by atoms with Crippen molar-refractivity contribution < 1.29 is 0 Å². The van der Waals surface area contributed by atoms with E-state index in [2.05, 4.69) is 40.3 Å². The Morgan fingerprint density at radius 2 is 1.34 bits per heavy atom. The van der Waals surface area contributed by atoms with Gasteiger partial charge in [0.25, 0.3) is 0 Å². The summed E-state index contributed by atoms with van der Waals surface area (Å²) in [6.45, 7) is 2.50. The number of benzene rings is 3. The molecule has 0 spiro atoms. The Balaban J connectivity index is 1.48. The normalized spacial score (nSPS) is 11.3. The van der Waals surface area contributed by atoms with E-state index in [0.29, 0.717) is 0 Å². The van der Waals surface area contributed by atoms with Gasteiger partial charge in [0.2, 0.25) is 0 Å². The number of halogens is 3. The van der Waals surface area contributed by atoms with Crippen LogP contribution < -0.4 is 5.32 Å². The first-order valence-corrected chi connectivity index (χ1v) is 10.7. The third-order valence-electron chi connectivity index (χ3n) is 5.01. The first kappa shape index (κ1) is 20.3. The molecular formula is C24H21Cl3N2. The van der Waals surface area contributed by atoms with Crippen LogP contribution in [0.1, 0.15) is 16.7 Å². The maximum Gasteiger partial charge on any atom is 0.0487 e. The molecule has 0 fully saturated rings. The van der Waals surface area contributed by atoms with Crippen LogP contribution in [0, 0.1) is 0 Å². The zero-order valence-corrected chi connectivity index (χ0v) is 18.1. The second-order valence-electron chi connectivity index (χ2n) is 7.12. The highest BCUT2D eigenvalue weighted by Crippen LogP contribution is 2.26. The number of nitrogens with one attached hydrogen (secondary N) is 1. The summed E-state index contributed by atoms with van der Waals surface area (Å²) in [5, 5.41) is 7.00. The van der Waals surface area contributed by atoms with E-state index in [1.165, 1.54) is 27.6 Å². The summed E-state index contributed by atoms with van der Waals surface area (Å²) >= 11 is 18.2. The molecule has 0 unspecified atom stereocenters. The third-order valence-corrected chi connectivity index (χ3v) is 5.74. The standard InChI is InChI=1S/C24H21Cl3N2/c25-20-5-1-17(2-6-20)14-28-12-11-19-16-29(15-18-3-7-21(26)8-4-18)24-10-9-22(27)13-23(19)24/h1-10,13,16,28H,11-12,14-15H2. The Morgan fingerprint density at radius 1 is 0.724 bits per heavy atom. The van der Waals surface area contributed by atoms with Crippen molar-refractivity contribution in [2.24, 2.45) is 0 Å². The molecular weight excluding hydrogens is 423 g/mol. The van der Waals surface area contributed by atoms with Crippen molar-refractivity contribution in [1.29, 1.82) is 0 Å². The quantitative estimate of drug-likeness (QED) is 0.305. The molecule has 0 aliphatic rings. The van der Waals surface area contributed by atoms with Crippen LogP contribution in [0.15, 0.2) is 72.9 Å². The topological polar surface area (TPSA) is 17.0 Å². The molecule has 4 aromatic rings. The monoisotopic (exact) mass is 442 g/mol. The average molecular weight is 444 g/mol. The zero-order valence-electron chi connectivity index (χ0n) is 15.8. The predicted octanol–water partition coefficient (Wildman–Crippen LogP) is 6.98. The summed E-state index contributed by atoms with van der Waals surface area (Å²) < 4.78 is 2.28. The summed E-state index contributed by atoms with van der Waals surface area (Å²) in [6.07, 6.45) is 3.16. The number of fused-ring (bicyclic) bond motifs is 1. The molecule has 0 amide bonds. The van der Waals surface area contributed by atoms with Gasteiger partial charge in [-0.1, -0.05) is 59.1 Å². The SMILES string of the molecule is Clc1ccc(CNCCc2cn(Cc3ccc(Cl)cc3)c3ccc(Cl)cc23)cc1. The highest BCUT2D eigenvalue weighted by atomic mass is 35.5. The van der Waals surface area contributed by atoms with E-state index in [1.807, 2.05) is 42.5 Å². The molecule has 0 radical (unpaired) electrons. The van der Waals surface area contributed by atoms with Crippen molar-refractivity contribution in [3.63, 3.8) is 0 Å². The van der Waals surface area contributed by atoms with Gasteiger partial charge < -0.3 is 9.88 Å². The van der Waals surface area contributed by atoms with Gasteiger partial charge in [0.05, 0.1) is 0 Å². The van der Waals surface area contributed by atoms with Gasteiger partial charge in [-0.15, -0.1) is 0 Å². The molecule has 0 atom stereocenters. The Hall–Kier alpha value is -1.97. The number of aromatic nitrogens is 1. The molecule has 3 aromatic carbocycles. The van der Waals surface area contributed by atoms with Gasteiger partial charge in [-0.2, -0.15) is 0 Å². The highest BCUT2D eigenvalue weighted by molar-refractivity contribution is 6.31.